The van der Waals surface area contributed by atoms with Gasteiger partial charge in [0, 0.05) is 5.92 Å². The predicted octanol–water partition coefficient (Wildman–Crippen LogP) is 2.44. The zero-order chi connectivity index (χ0) is 9.19. The molecule has 12 heavy (non-hydrogen) atoms. The zero-order valence-electron chi connectivity index (χ0n) is 8.77. The molecule has 0 spiro atoms. The normalized spacial score (nSPS) is 25.9. The maximum atomic E-state index is 4.17. The molecule has 0 aliphatic heterocycles. The van der Waals surface area contributed by atoms with Crippen molar-refractivity contribution in [2.45, 2.75) is 25.7 Å². The highest BCUT2D eigenvalue weighted by Crippen LogP contribution is 2.28. The van der Waals surface area contributed by atoms with Gasteiger partial charge in [0.15, 0.2) is 0 Å². The minimum Gasteiger partial charge on any atom is -0.330 e. The fraction of sp³-hybridized carbons (Fsp3) is 0.818. The van der Waals surface area contributed by atoms with Gasteiger partial charge in [-0.1, -0.05) is 18.6 Å². The fourth-order valence-electron chi connectivity index (χ4n) is 2.03. The Morgan fingerprint density at radius 2 is 2.00 bits per heavy atom. The van der Waals surface area contributed by atoms with E-state index in [9.17, 15) is 0 Å². The molecule has 1 aliphatic carbocycles. The van der Waals surface area contributed by atoms with Crippen LogP contribution in [0.25, 0.3) is 0 Å². The van der Waals surface area contributed by atoms with Gasteiger partial charge in [-0.15, -0.1) is 0 Å². The van der Waals surface area contributed by atoms with Crippen LogP contribution < -0.4 is 0 Å². The lowest BCUT2D eigenvalue weighted by Crippen LogP contribution is -2.40. The molecule has 0 aromatic carbocycles. The van der Waals surface area contributed by atoms with Crippen LogP contribution in [-0.4, -0.2) is 32.2 Å². The van der Waals surface area contributed by atoms with Crippen molar-refractivity contribution < 1.29 is 4.48 Å². The quantitative estimate of drug-likeness (QED) is 0.439. The van der Waals surface area contributed by atoms with E-state index in [-0.39, 0.29) is 0 Å². The van der Waals surface area contributed by atoms with E-state index in [0.29, 0.717) is 0 Å². The van der Waals surface area contributed by atoms with E-state index in [2.05, 4.69) is 27.7 Å². The van der Waals surface area contributed by atoms with Crippen LogP contribution in [0.5, 0.6) is 0 Å². The molecule has 0 amide bonds. The van der Waals surface area contributed by atoms with Crippen LogP contribution in [0.15, 0.2) is 12.2 Å². The summed E-state index contributed by atoms with van der Waals surface area (Å²) in [5.74, 6) is 0.791. The Balaban J connectivity index is 2.45. The van der Waals surface area contributed by atoms with E-state index in [0.717, 1.165) is 10.4 Å². The Morgan fingerprint density at radius 1 is 1.33 bits per heavy atom. The lowest BCUT2D eigenvalue weighted by Gasteiger charge is -2.32. The van der Waals surface area contributed by atoms with Crippen molar-refractivity contribution in [2.75, 3.05) is 27.7 Å². The summed E-state index contributed by atoms with van der Waals surface area (Å²) in [6, 6.07) is 0. The van der Waals surface area contributed by atoms with Crippen molar-refractivity contribution in [3.05, 3.63) is 12.2 Å². The summed E-state index contributed by atoms with van der Waals surface area (Å²) in [4.78, 5) is 0. The van der Waals surface area contributed by atoms with Crippen LogP contribution in [0.2, 0.25) is 0 Å². The van der Waals surface area contributed by atoms with Gasteiger partial charge in [0.25, 0.3) is 0 Å². The second-order valence-electron chi connectivity index (χ2n) is 5.07. The third kappa shape index (κ3) is 2.98. The Morgan fingerprint density at radius 3 is 2.50 bits per heavy atom. The Hall–Kier alpha value is -0.300. The van der Waals surface area contributed by atoms with Gasteiger partial charge in [-0.25, -0.2) is 0 Å². The molecule has 1 atom stereocenters. The Bertz CT molecular complexity index is 164. The molecule has 0 saturated heterocycles. The van der Waals surface area contributed by atoms with Crippen LogP contribution in [0.4, 0.5) is 0 Å². The zero-order valence-corrected chi connectivity index (χ0v) is 8.77. The van der Waals surface area contributed by atoms with E-state index in [4.69, 9.17) is 0 Å². The van der Waals surface area contributed by atoms with E-state index < -0.39 is 0 Å². The van der Waals surface area contributed by atoms with Crippen LogP contribution in [-0.2, 0) is 0 Å². The monoisotopic (exact) mass is 168 g/mol. The van der Waals surface area contributed by atoms with Gasteiger partial charge >= 0.3 is 0 Å². The molecular weight excluding hydrogens is 146 g/mol. The maximum Gasteiger partial charge on any atom is 0.0846 e. The molecule has 0 radical (unpaired) electrons. The van der Waals surface area contributed by atoms with Gasteiger partial charge in [0.2, 0.25) is 0 Å². The average molecular weight is 168 g/mol. The molecule has 0 bridgehead atoms. The van der Waals surface area contributed by atoms with Gasteiger partial charge < -0.3 is 4.48 Å². The molecule has 0 unspecified atom stereocenters. The van der Waals surface area contributed by atoms with Crippen molar-refractivity contribution in [1.82, 2.24) is 0 Å². The summed E-state index contributed by atoms with van der Waals surface area (Å²) in [5, 5.41) is 0. The molecule has 1 rings (SSSR count). The number of nitrogens with zero attached hydrogens (tertiary/aromatic N) is 1. The van der Waals surface area contributed by atoms with Crippen LogP contribution >= 0.6 is 0 Å². The lowest BCUT2D eigenvalue weighted by atomic mass is 9.85. The standard InChI is InChI=1S/C11H22N/c1-10-7-5-6-8-11(10)9-12(2,3)4/h11H,1,5-9H2,2-4H3/q+1/t11-/m0/s1. The van der Waals surface area contributed by atoms with Crippen molar-refractivity contribution >= 4 is 0 Å². The maximum absolute atomic E-state index is 4.17. The highest BCUT2D eigenvalue weighted by Gasteiger charge is 2.22. The molecule has 1 aliphatic rings. The Labute approximate surface area is 76.7 Å². The number of hydrogen-bond donors (Lipinski definition) is 0. The lowest BCUT2D eigenvalue weighted by molar-refractivity contribution is -0.873. The summed E-state index contributed by atoms with van der Waals surface area (Å²) in [7, 11) is 6.80. The second-order valence-corrected chi connectivity index (χ2v) is 5.07. The van der Waals surface area contributed by atoms with Crippen molar-refractivity contribution in [3.63, 3.8) is 0 Å². The third-order valence-electron chi connectivity index (χ3n) is 2.65. The SMILES string of the molecule is C=C1CCCC[C@H]1C[N+](C)(C)C. The average Bonchev–Trinajstić information content (AvgIpc) is 1.91. The van der Waals surface area contributed by atoms with Gasteiger partial charge in [0.1, 0.15) is 0 Å². The van der Waals surface area contributed by atoms with Gasteiger partial charge in [-0.05, 0) is 19.3 Å². The van der Waals surface area contributed by atoms with Crippen molar-refractivity contribution in [2.24, 2.45) is 5.92 Å². The Kier molecular flexibility index (Phi) is 2.94. The summed E-state index contributed by atoms with van der Waals surface area (Å²) < 4.78 is 1.07. The summed E-state index contributed by atoms with van der Waals surface area (Å²) in [6.45, 7) is 5.43. The van der Waals surface area contributed by atoms with Crippen LogP contribution in [0.1, 0.15) is 25.7 Å². The van der Waals surface area contributed by atoms with Crippen LogP contribution in [0, 0.1) is 5.92 Å². The van der Waals surface area contributed by atoms with E-state index in [1.165, 1.54) is 37.8 Å². The molecule has 0 heterocycles. The molecule has 1 saturated carbocycles. The molecule has 1 nitrogen and oxygen atoms in total. The second kappa shape index (κ2) is 3.61. The number of hydrogen-bond acceptors (Lipinski definition) is 0. The number of quaternary nitrogens is 1. The molecule has 70 valence electrons. The summed E-state index contributed by atoms with van der Waals surface area (Å²) in [5.41, 5.74) is 1.49. The minimum atomic E-state index is 0.791. The van der Waals surface area contributed by atoms with Gasteiger partial charge in [-0.2, -0.15) is 0 Å². The minimum absolute atomic E-state index is 0.791. The number of rotatable bonds is 2. The molecule has 0 aromatic heterocycles. The molecule has 0 N–H and O–H groups in total. The highest BCUT2D eigenvalue weighted by molar-refractivity contribution is 5.03. The first-order valence-electron chi connectivity index (χ1n) is 4.97. The van der Waals surface area contributed by atoms with E-state index in [1.807, 2.05) is 0 Å². The largest absolute Gasteiger partial charge is 0.330 e. The topological polar surface area (TPSA) is 0 Å². The highest BCUT2D eigenvalue weighted by atomic mass is 15.3. The van der Waals surface area contributed by atoms with Gasteiger partial charge in [0.05, 0.1) is 27.7 Å². The summed E-state index contributed by atoms with van der Waals surface area (Å²) >= 11 is 0. The first-order chi connectivity index (χ1) is 5.49. The van der Waals surface area contributed by atoms with Crippen LogP contribution in [0.3, 0.4) is 0 Å². The molecule has 1 fully saturated rings. The first-order valence-corrected chi connectivity index (χ1v) is 4.97. The first kappa shape index (κ1) is 9.79. The van der Waals surface area contributed by atoms with Crippen molar-refractivity contribution in [3.8, 4) is 0 Å². The fourth-order valence-corrected chi connectivity index (χ4v) is 2.03. The smallest absolute Gasteiger partial charge is 0.0846 e. The molecule has 1 heteroatoms. The molecular formula is C11H22N+. The van der Waals surface area contributed by atoms with E-state index in [1.54, 1.807) is 0 Å². The van der Waals surface area contributed by atoms with Crippen molar-refractivity contribution in [1.29, 1.82) is 0 Å². The van der Waals surface area contributed by atoms with E-state index >= 15 is 0 Å². The summed E-state index contributed by atoms with van der Waals surface area (Å²) in [6.07, 6.45) is 5.41. The predicted molar refractivity (Wildman–Crippen MR) is 54.0 cm³/mol. The van der Waals surface area contributed by atoms with Gasteiger partial charge in [-0.3, -0.25) is 0 Å². The molecule has 0 aromatic rings. The third-order valence-corrected chi connectivity index (χ3v) is 2.65.